The van der Waals surface area contributed by atoms with Crippen LogP contribution in [0.2, 0.25) is 0 Å². The van der Waals surface area contributed by atoms with Crippen molar-refractivity contribution in [2.24, 2.45) is 50.2 Å². The van der Waals surface area contributed by atoms with E-state index in [0.717, 1.165) is 61.8 Å². The molecule has 3 fully saturated rings. The second kappa shape index (κ2) is 9.69. The largest absolute Gasteiger partial charge is 0.295 e. The highest BCUT2D eigenvalue weighted by Gasteiger charge is 2.71. The molecular formula is C39H46N4O3. The van der Waals surface area contributed by atoms with Crippen LogP contribution in [0.5, 0.6) is 0 Å². The van der Waals surface area contributed by atoms with E-state index < -0.39 is 16.2 Å². The Kier molecular flexibility index (Phi) is 6.52. The molecule has 2 heterocycles. The number of aromatic nitrogens is 3. The number of nitrogens with zero attached hydrogens (tertiary/aromatic N) is 4. The zero-order valence-corrected chi connectivity index (χ0v) is 28.3. The summed E-state index contributed by atoms with van der Waals surface area (Å²) in [6.45, 7) is 15.3. The van der Waals surface area contributed by atoms with Gasteiger partial charge in [0.25, 0.3) is 0 Å². The maximum absolute atomic E-state index is 14.8. The Bertz CT molecular complexity index is 1770. The lowest BCUT2D eigenvalue weighted by molar-refractivity contribution is -0.164. The number of hydrogen-bond donors (Lipinski definition) is 0. The third-order valence-corrected chi connectivity index (χ3v) is 14.1. The average molecular weight is 619 g/mol. The van der Waals surface area contributed by atoms with Crippen molar-refractivity contribution in [3.05, 3.63) is 60.3 Å². The van der Waals surface area contributed by atoms with Gasteiger partial charge in [-0.05, 0) is 91.2 Å². The number of hydrogen-bond acceptors (Lipinski definition) is 6. The molecule has 2 aromatic heterocycles. The highest BCUT2D eigenvalue weighted by atomic mass is 16.2. The molecule has 0 radical (unpaired) electrons. The first kappa shape index (κ1) is 31.0. The second-order valence-corrected chi connectivity index (χ2v) is 17.1. The summed E-state index contributed by atoms with van der Waals surface area (Å²) in [6.07, 6.45) is 16.5. The lowest BCUT2D eigenvalue weighted by Gasteiger charge is -2.69. The van der Waals surface area contributed by atoms with E-state index in [-0.39, 0.29) is 57.0 Å². The number of carbonyl (C=O) groups excluding carboxylic acids is 3. The van der Waals surface area contributed by atoms with Crippen LogP contribution in [0.4, 0.5) is 0 Å². The first-order chi connectivity index (χ1) is 21.5. The Morgan fingerprint density at radius 2 is 1.67 bits per heavy atom. The Labute approximate surface area is 272 Å². The van der Waals surface area contributed by atoms with Gasteiger partial charge in [0.05, 0.1) is 16.7 Å². The monoisotopic (exact) mass is 618 g/mol. The molecule has 0 saturated heterocycles. The topological polar surface area (TPSA) is 106 Å². The summed E-state index contributed by atoms with van der Waals surface area (Å²) in [6, 6.07) is 5.99. The predicted octanol–water partition coefficient (Wildman–Crippen LogP) is 7.80. The highest BCUT2D eigenvalue weighted by Crippen LogP contribution is 2.74. The number of rotatable bonds is 2. The van der Waals surface area contributed by atoms with Crippen molar-refractivity contribution < 1.29 is 14.4 Å². The van der Waals surface area contributed by atoms with E-state index >= 15 is 0 Å². The quantitative estimate of drug-likeness (QED) is 0.340. The van der Waals surface area contributed by atoms with Crippen molar-refractivity contribution in [3.63, 3.8) is 0 Å². The van der Waals surface area contributed by atoms with Crippen LogP contribution in [0.3, 0.4) is 0 Å². The number of Topliss-reactive ketones (excluding diaryl/α,β-unsaturated/α-hetero) is 1. The molecule has 46 heavy (non-hydrogen) atoms. The Morgan fingerprint density at radius 1 is 0.978 bits per heavy atom. The standard InChI is InChI=1S/C39H46N4O3/c1-34(2)12-14-39(33(46)43-22-27(42-23-43)24-9-16-41-17-10-24)15-13-38(7)31(26(39)20-34)28(44)18-30-36(5)19-25(21-40)32(45)35(3,4)29(36)8-11-37(30,38)6/h9-10,16-19,22-23,26,29,31H,8,11-15,20H2,1-7H3/t26-,29-,31-,36-,37+,38+,39-/m0/s1. The molecule has 7 rings (SSSR count). The van der Waals surface area contributed by atoms with Crippen molar-refractivity contribution >= 4 is 17.5 Å². The Hall–Kier alpha value is -3.66. The van der Waals surface area contributed by atoms with Crippen LogP contribution >= 0.6 is 0 Å². The maximum Gasteiger partial charge on any atom is 0.238 e. The molecule has 5 aliphatic rings. The van der Waals surface area contributed by atoms with Crippen LogP contribution in [-0.4, -0.2) is 32.0 Å². The molecule has 5 aliphatic carbocycles. The molecule has 0 aliphatic heterocycles. The van der Waals surface area contributed by atoms with E-state index in [1.54, 1.807) is 23.3 Å². The molecule has 7 heteroatoms. The van der Waals surface area contributed by atoms with Gasteiger partial charge >= 0.3 is 0 Å². The fourth-order valence-electron chi connectivity index (χ4n) is 11.4. The third kappa shape index (κ3) is 3.91. The van der Waals surface area contributed by atoms with Gasteiger partial charge in [-0.3, -0.25) is 23.9 Å². The smallest absolute Gasteiger partial charge is 0.238 e. The van der Waals surface area contributed by atoms with Gasteiger partial charge in [0.15, 0.2) is 11.6 Å². The van der Waals surface area contributed by atoms with Crippen molar-refractivity contribution in [2.75, 3.05) is 0 Å². The van der Waals surface area contributed by atoms with E-state index in [2.05, 4.69) is 50.7 Å². The van der Waals surface area contributed by atoms with Crippen molar-refractivity contribution in [2.45, 2.75) is 93.4 Å². The molecule has 0 bridgehead atoms. The SMILES string of the molecule is CC1(C)CC[C@]2(C(=O)n3cnc(-c4ccncc4)c3)CC[C@]3(C)[C@H](C(=O)C=C4[C@@]5(C)C=C(C#N)C(=O)C(C)(C)[C@@H]5CC[C@]43C)[C@@H]2C1. The van der Waals surface area contributed by atoms with Crippen molar-refractivity contribution in [3.8, 4) is 17.3 Å². The molecule has 3 saturated carbocycles. The fraction of sp³-hybridized carbons (Fsp3) is 0.590. The second-order valence-electron chi connectivity index (χ2n) is 17.1. The van der Waals surface area contributed by atoms with Gasteiger partial charge in [0.1, 0.15) is 12.4 Å². The van der Waals surface area contributed by atoms with Crippen LogP contribution in [0, 0.1) is 61.6 Å². The summed E-state index contributed by atoms with van der Waals surface area (Å²) in [4.78, 5) is 51.7. The van der Waals surface area contributed by atoms with E-state index in [4.69, 9.17) is 0 Å². The van der Waals surface area contributed by atoms with Gasteiger partial charge < -0.3 is 0 Å². The van der Waals surface area contributed by atoms with Crippen LogP contribution in [0.15, 0.2) is 60.3 Å². The van der Waals surface area contributed by atoms with Crippen LogP contribution in [0.25, 0.3) is 11.3 Å². The van der Waals surface area contributed by atoms with Crippen molar-refractivity contribution in [1.82, 2.24) is 14.5 Å². The van der Waals surface area contributed by atoms with E-state index in [1.165, 1.54) is 0 Å². The predicted molar refractivity (Wildman–Crippen MR) is 175 cm³/mol. The lowest BCUT2D eigenvalue weighted by Crippen LogP contribution is -2.66. The van der Waals surface area contributed by atoms with E-state index in [1.807, 2.05) is 44.3 Å². The number of imidazole rings is 1. The van der Waals surface area contributed by atoms with Crippen LogP contribution in [-0.2, 0) is 9.59 Å². The molecule has 7 nitrogen and oxygen atoms in total. The number of carbonyl (C=O) groups is 3. The summed E-state index contributed by atoms with van der Waals surface area (Å²) in [7, 11) is 0. The van der Waals surface area contributed by atoms with Gasteiger partial charge in [0.2, 0.25) is 5.91 Å². The van der Waals surface area contributed by atoms with Gasteiger partial charge in [-0.2, -0.15) is 5.26 Å². The third-order valence-electron chi connectivity index (χ3n) is 14.1. The Morgan fingerprint density at radius 3 is 2.37 bits per heavy atom. The normalized spacial score (nSPS) is 39.0. The summed E-state index contributed by atoms with van der Waals surface area (Å²) in [5.41, 5.74) is 0.347. The number of nitriles is 1. The van der Waals surface area contributed by atoms with Gasteiger partial charge in [0, 0.05) is 40.9 Å². The average Bonchev–Trinajstić information content (AvgIpc) is 3.50. The van der Waals surface area contributed by atoms with Crippen LogP contribution < -0.4 is 0 Å². The molecule has 2 aromatic rings. The zero-order chi connectivity index (χ0) is 33.1. The molecule has 0 spiro atoms. The van der Waals surface area contributed by atoms with Gasteiger partial charge in [-0.15, -0.1) is 0 Å². The fourth-order valence-corrected chi connectivity index (χ4v) is 11.4. The molecule has 0 unspecified atom stereocenters. The van der Waals surface area contributed by atoms with E-state index in [9.17, 15) is 19.6 Å². The molecule has 0 N–H and O–H groups in total. The summed E-state index contributed by atoms with van der Waals surface area (Å²) < 4.78 is 1.68. The number of allylic oxidation sites excluding steroid dienone is 4. The van der Waals surface area contributed by atoms with Crippen LogP contribution in [0.1, 0.15) is 98.2 Å². The molecule has 0 aromatic carbocycles. The minimum absolute atomic E-state index is 0.00517. The number of ketones is 2. The first-order valence-corrected chi connectivity index (χ1v) is 17.0. The zero-order valence-electron chi connectivity index (χ0n) is 28.3. The molecular weight excluding hydrogens is 572 g/mol. The molecule has 240 valence electrons. The Balaban J connectivity index is 1.34. The van der Waals surface area contributed by atoms with Crippen molar-refractivity contribution in [1.29, 1.82) is 5.26 Å². The minimum atomic E-state index is -0.695. The molecule has 0 amide bonds. The molecule has 7 atom stereocenters. The highest BCUT2D eigenvalue weighted by molar-refractivity contribution is 6.04. The van der Waals surface area contributed by atoms with Gasteiger partial charge in [-0.25, -0.2) is 4.98 Å². The van der Waals surface area contributed by atoms with Gasteiger partial charge in [-0.1, -0.05) is 60.1 Å². The maximum atomic E-state index is 14.8. The summed E-state index contributed by atoms with van der Waals surface area (Å²) in [5.74, 6) is -0.312. The number of fused-ring (bicyclic) bond motifs is 7. The first-order valence-electron chi connectivity index (χ1n) is 17.0. The lowest BCUT2D eigenvalue weighted by atomic mass is 9.34. The van der Waals surface area contributed by atoms with E-state index in [0.29, 0.717) is 0 Å². The minimum Gasteiger partial charge on any atom is -0.295 e. The summed E-state index contributed by atoms with van der Waals surface area (Å²) >= 11 is 0. The number of pyridine rings is 1. The summed E-state index contributed by atoms with van der Waals surface area (Å²) in [5, 5.41) is 10.0.